The minimum atomic E-state index is -1.13. The molecule has 14 heavy (non-hydrogen) atoms. The maximum Gasteiger partial charge on any atom is 0.327 e. The first-order valence-electron chi connectivity index (χ1n) is 4.32. The van der Waals surface area contributed by atoms with Gasteiger partial charge in [-0.05, 0) is 6.42 Å². The van der Waals surface area contributed by atoms with E-state index in [4.69, 9.17) is 11.5 Å². The van der Waals surface area contributed by atoms with Crippen molar-refractivity contribution in [3.63, 3.8) is 0 Å². The van der Waals surface area contributed by atoms with E-state index in [1.165, 1.54) is 0 Å². The van der Waals surface area contributed by atoms with E-state index in [-0.39, 0.29) is 6.42 Å². The molecule has 2 amide bonds. The number of terminal acetylenes is 1. The number of hydrogen-bond acceptors (Lipinski definition) is 2. The fourth-order valence-electron chi connectivity index (χ4n) is 0.766. The van der Waals surface area contributed by atoms with E-state index in [1.54, 1.807) is 0 Å². The molecule has 0 aromatic rings. The first kappa shape index (κ1) is 12.3. The first-order valence-corrected chi connectivity index (χ1v) is 4.32. The van der Waals surface area contributed by atoms with Gasteiger partial charge in [-0.2, -0.15) is 0 Å². The van der Waals surface area contributed by atoms with Crippen LogP contribution in [0.2, 0.25) is 0 Å². The van der Waals surface area contributed by atoms with Crippen LogP contribution in [0.3, 0.4) is 0 Å². The van der Waals surface area contributed by atoms with Gasteiger partial charge < -0.3 is 15.7 Å². The standard InChI is InChI=1S/C9H14N2O3/c1-3-5-7(8(12)13)11-9(14)10-6-4-2/h1,7H,4-6H2,2H3,(H,12,13)(H2,10,11,14). The lowest BCUT2D eigenvalue weighted by atomic mass is 10.2. The number of carboxylic acids is 1. The summed E-state index contributed by atoms with van der Waals surface area (Å²) in [6.45, 7) is 2.41. The van der Waals surface area contributed by atoms with E-state index in [0.717, 1.165) is 6.42 Å². The Balaban J connectivity index is 3.97. The van der Waals surface area contributed by atoms with E-state index < -0.39 is 18.0 Å². The van der Waals surface area contributed by atoms with Crippen molar-refractivity contribution in [1.29, 1.82) is 0 Å². The zero-order valence-electron chi connectivity index (χ0n) is 8.04. The lowest BCUT2D eigenvalue weighted by molar-refractivity contribution is -0.139. The molecule has 0 aromatic heterocycles. The van der Waals surface area contributed by atoms with E-state index in [1.807, 2.05) is 6.92 Å². The second-order valence-corrected chi connectivity index (χ2v) is 2.70. The topological polar surface area (TPSA) is 78.4 Å². The van der Waals surface area contributed by atoms with Crippen LogP contribution in [0.25, 0.3) is 0 Å². The highest BCUT2D eigenvalue weighted by atomic mass is 16.4. The molecule has 0 aliphatic heterocycles. The molecule has 0 radical (unpaired) electrons. The zero-order valence-corrected chi connectivity index (χ0v) is 8.04. The molecule has 0 rings (SSSR count). The number of aliphatic carboxylic acids is 1. The largest absolute Gasteiger partial charge is 0.480 e. The van der Waals surface area contributed by atoms with Gasteiger partial charge in [0, 0.05) is 13.0 Å². The predicted octanol–water partition coefficient (Wildman–Crippen LogP) is 0.172. The van der Waals surface area contributed by atoms with Gasteiger partial charge in [0.1, 0.15) is 6.04 Å². The smallest absolute Gasteiger partial charge is 0.327 e. The van der Waals surface area contributed by atoms with Gasteiger partial charge in [0.05, 0.1) is 0 Å². The van der Waals surface area contributed by atoms with Crippen molar-refractivity contribution in [2.24, 2.45) is 0 Å². The molecule has 0 bridgehead atoms. The Kier molecular flexibility index (Phi) is 5.95. The summed E-state index contributed by atoms with van der Waals surface area (Å²) < 4.78 is 0. The Morgan fingerprint density at radius 2 is 2.21 bits per heavy atom. The van der Waals surface area contributed by atoms with Gasteiger partial charge in [0.25, 0.3) is 0 Å². The van der Waals surface area contributed by atoms with Gasteiger partial charge in [-0.3, -0.25) is 0 Å². The molecule has 0 fully saturated rings. The van der Waals surface area contributed by atoms with Crippen LogP contribution in [-0.4, -0.2) is 29.7 Å². The Morgan fingerprint density at radius 3 is 2.64 bits per heavy atom. The third-order valence-corrected chi connectivity index (χ3v) is 1.46. The van der Waals surface area contributed by atoms with Crippen molar-refractivity contribution in [2.75, 3.05) is 6.54 Å². The summed E-state index contributed by atoms with van der Waals surface area (Å²) in [5, 5.41) is 13.4. The van der Waals surface area contributed by atoms with Crippen molar-refractivity contribution in [3.8, 4) is 12.3 Å². The van der Waals surface area contributed by atoms with Gasteiger partial charge in [-0.1, -0.05) is 6.92 Å². The summed E-state index contributed by atoms with van der Waals surface area (Å²) in [5.74, 6) is 1.06. The first-order chi connectivity index (χ1) is 6.61. The molecule has 0 spiro atoms. The van der Waals surface area contributed by atoms with E-state index in [2.05, 4.69) is 16.6 Å². The summed E-state index contributed by atoms with van der Waals surface area (Å²) in [6, 6.07) is -1.52. The molecule has 0 aliphatic rings. The number of carboxylic acid groups (broad SMARTS) is 1. The molecule has 0 saturated heterocycles. The van der Waals surface area contributed by atoms with Crippen molar-refractivity contribution < 1.29 is 14.7 Å². The molecule has 3 N–H and O–H groups in total. The van der Waals surface area contributed by atoms with Gasteiger partial charge in [0.15, 0.2) is 0 Å². The highest BCUT2D eigenvalue weighted by molar-refractivity contribution is 5.82. The van der Waals surface area contributed by atoms with E-state index >= 15 is 0 Å². The van der Waals surface area contributed by atoms with Crippen LogP contribution in [0.5, 0.6) is 0 Å². The van der Waals surface area contributed by atoms with Gasteiger partial charge >= 0.3 is 12.0 Å². The van der Waals surface area contributed by atoms with Crippen LogP contribution >= 0.6 is 0 Å². The minimum absolute atomic E-state index is 0.0190. The number of carbonyl (C=O) groups excluding carboxylic acids is 1. The molecule has 78 valence electrons. The summed E-state index contributed by atoms with van der Waals surface area (Å²) in [7, 11) is 0. The molecule has 0 saturated carbocycles. The van der Waals surface area contributed by atoms with Gasteiger partial charge in [-0.15, -0.1) is 12.3 Å². The molecule has 0 aliphatic carbocycles. The van der Waals surface area contributed by atoms with Crippen molar-refractivity contribution in [2.45, 2.75) is 25.8 Å². The molecule has 1 unspecified atom stereocenters. The predicted molar refractivity (Wildman–Crippen MR) is 51.7 cm³/mol. The number of nitrogens with one attached hydrogen (secondary N) is 2. The summed E-state index contributed by atoms with van der Waals surface area (Å²) in [4.78, 5) is 21.6. The molecule has 1 atom stereocenters. The lowest BCUT2D eigenvalue weighted by Crippen LogP contribution is -2.45. The maximum atomic E-state index is 11.0. The average Bonchev–Trinajstić information content (AvgIpc) is 2.14. The van der Waals surface area contributed by atoms with Crippen LogP contribution in [0.15, 0.2) is 0 Å². The molecule has 5 nitrogen and oxygen atoms in total. The zero-order chi connectivity index (χ0) is 11.0. The Labute approximate surface area is 82.9 Å². The van der Waals surface area contributed by atoms with Crippen LogP contribution in [0, 0.1) is 12.3 Å². The summed E-state index contributed by atoms with van der Waals surface area (Å²) in [6.07, 6.45) is 5.73. The fourth-order valence-corrected chi connectivity index (χ4v) is 0.766. The number of carbonyl (C=O) groups is 2. The lowest BCUT2D eigenvalue weighted by Gasteiger charge is -2.12. The summed E-state index contributed by atoms with van der Waals surface area (Å²) >= 11 is 0. The van der Waals surface area contributed by atoms with Crippen molar-refractivity contribution in [1.82, 2.24) is 10.6 Å². The number of hydrogen-bond donors (Lipinski definition) is 3. The second kappa shape index (κ2) is 6.78. The van der Waals surface area contributed by atoms with Crippen LogP contribution < -0.4 is 10.6 Å². The van der Waals surface area contributed by atoms with Crippen molar-refractivity contribution in [3.05, 3.63) is 0 Å². The number of urea groups is 1. The normalized spacial score (nSPS) is 11.1. The summed E-state index contributed by atoms with van der Waals surface area (Å²) in [5.41, 5.74) is 0. The fraction of sp³-hybridized carbons (Fsp3) is 0.556. The van der Waals surface area contributed by atoms with Crippen molar-refractivity contribution >= 4 is 12.0 Å². The SMILES string of the molecule is C#CCC(NC(=O)NCCC)C(=O)O. The van der Waals surface area contributed by atoms with Crippen LogP contribution in [0.1, 0.15) is 19.8 Å². The minimum Gasteiger partial charge on any atom is -0.480 e. The Bertz CT molecular complexity index is 245. The Hall–Kier alpha value is -1.70. The third kappa shape index (κ3) is 5.04. The highest BCUT2D eigenvalue weighted by Crippen LogP contribution is 1.90. The van der Waals surface area contributed by atoms with Gasteiger partial charge in [-0.25, -0.2) is 9.59 Å². The molecular weight excluding hydrogens is 184 g/mol. The Morgan fingerprint density at radius 1 is 1.57 bits per heavy atom. The maximum absolute atomic E-state index is 11.0. The monoisotopic (exact) mass is 198 g/mol. The van der Waals surface area contributed by atoms with E-state index in [0.29, 0.717) is 6.54 Å². The quantitative estimate of drug-likeness (QED) is 0.551. The molecule has 0 heterocycles. The molecule has 0 aromatic carbocycles. The molecular formula is C9H14N2O3. The highest BCUT2D eigenvalue weighted by Gasteiger charge is 2.17. The number of rotatable bonds is 5. The third-order valence-electron chi connectivity index (χ3n) is 1.46. The van der Waals surface area contributed by atoms with Crippen LogP contribution in [0.4, 0.5) is 4.79 Å². The second-order valence-electron chi connectivity index (χ2n) is 2.70. The van der Waals surface area contributed by atoms with Gasteiger partial charge in [0.2, 0.25) is 0 Å². The van der Waals surface area contributed by atoms with E-state index in [9.17, 15) is 9.59 Å². The van der Waals surface area contributed by atoms with Crippen LogP contribution in [-0.2, 0) is 4.79 Å². The number of amides is 2. The average molecular weight is 198 g/mol. The molecule has 5 heteroatoms.